The molecule has 4 nitrogen and oxygen atoms in total. The molecular weight excluding hydrogens is 224 g/mol. The second-order valence-electron chi connectivity index (χ2n) is 2.62. The van der Waals surface area contributed by atoms with Crippen LogP contribution < -0.4 is 0 Å². The van der Waals surface area contributed by atoms with Gasteiger partial charge in [0.25, 0.3) is 9.05 Å². The van der Waals surface area contributed by atoms with E-state index in [2.05, 4.69) is 10.9 Å². The van der Waals surface area contributed by atoms with Gasteiger partial charge in [0.05, 0.1) is 6.54 Å². The van der Waals surface area contributed by atoms with Crippen molar-refractivity contribution >= 4 is 19.7 Å². The summed E-state index contributed by atoms with van der Waals surface area (Å²) in [5, 5.41) is -0.147. The van der Waals surface area contributed by atoms with Gasteiger partial charge in [-0.05, 0) is 0 Å². The van der Waals surface area contributed by atoms with Crippen molar-refractivity contribution < 1.29 is 8.42 Å². The molecule has 0 aliphatic heterocycles. The van der Waals surface area contributed by atoms with Crippen LogP contribution in [0.4, 0.5) is 0 Å². The average Bonchev–Trinajstić information content (AvgIpc) is 2.47. The van der Waals surface area contributed by atoms with Gasteiger partial charge in [0.2, 0.25) is 0 Å². The van der Waals surface area contributed by atoms with E-state index in [1.165, 1.54) is 6.20 Å². The molecule has 0 atom stereocenters. The van der Waals surface area contributed by atoms with E-state index >= 15 is 0 Å². The third-order valence-corrected chi connectivity index (χ3v) is 2.84. The molecule has 1 aromatic rings. The topological polar surface area (TPSA) is 52.0 Å². The summed E-state index contributed by atoms with van der Waals surface area (Å²) in [5.41, 5.74) is 0. The summed E-state index contributed by atoms with van der Waals surface area (Å²) in [5.74, 6) is 3.02. The smallest absolute Gasteiger partial charge is 0.280 e. The van der Waals surface area contributed by atoms with Crippen molar-refractivity contribution in [2.45, 2.75) is 24.9 Å². The predicted molar refractivity (Wildman–Crippen MR) is 53.5 cm³/mol. The second-order valence-corrected chi connectivity index (χ2v) is 5.13. The molecule has 6 heteroatoms. The molecule has 0 saturated carbocycles. The summed E-state index contributed by atoms with van der Waals surface area (Å²) in [6.45, 7) is 2.16. The van der Waals surface area contributed by atoms with Crippen LogP contribution in [-0.2, 0) is 22.0 Å². The lowest BCUT2D eigenvalue weighted by Crippen LogP contribution is -1.99. The zero-order valence-electron chi connectivity index (χ0n) is 7.57. The van der Waals surface area contributed by atoms with Gasteiger partial charge >= 0.3 is 0 Å². The minimum absolute atomic E-state index is 0.147. The minimum atomic E-state index is -3.76. The average molecular weight is 233 g/mol. The monoisotopic (exact) mass is 232 g/mol. The first-order valence-corrected chi connectivity index (χ1v) is 6.24. The molecule has 0 bridgehead atoms. The number of hydrogen-bond donors (Lipinski definition) is 0. The van der Waals surface area contributed by atoms with Crippen LogP contribution in [-0.4, -0.2) is 18.0 Å². The SMILES string of the molecule is C#CCn1cc(S(=O)(=O)Cl)nc1CC. The van der Waals surface area contributed by atoms with Crippen LogP contribution in [0.2, 0.25) is 0 Å². The molecule has 0 unspecified atom stereocenters. The van der Waals surface area contributed by atoms with Crippen molar-refractivity contribution in [1.82, 2.24) is 9.55 Å². The van der Waals surface area contributed by atoms with E-state index in [0.717, 1.165) is 0 Å². The summed E-state index contributed by atoms with van der Waals surface area (Å²) in [6.07, 6.45) is 7.07. The number of rotatable bonds is 3. The number of aromatic nitrogens is 2. The largest absolute Gasteiger partial charge is 0.322 e. The van der Waals surface area contributed by atoms with Crippen LogP contribution in [0.25, 0.3) is 0 Å². The fourth-order valence-electron chi connectivity index (χ4n) is 1.06. The Morgan fingerprint density at radius 2 is 2.36 bits per heavy atom. The molecule has 0 aromatic carbocycles. The van der Waals surface area contributed by atoms with Gasteiger partial charge in [-0.1, -0.05) is 12.8 Å². The number of hydrogen-bond acceptors (Lipinski definition) is 3. The van der Waals surface area contributed by atoms with Crippen LogP contribution in [0, 0.1) is 12.3 Å². The lowest BCUT2D eigenvalue weighted by atomic mass is 10.4. The molecule has 0 radical (unpaired) electrons. The third-order valence-electron chi connectivity index (χ3n) is 1.66. The molecule has 76 valence electrons. The van der Waals surface area contributed by atoms with Crippen LogP contribution in [0.3, 0.4) is 0 Å². The highest BCUT2D eigenvalue weighted by molar-refractivity contribution is 8.13. The Balaban J connectivity index is 3.21. The third kappa shape index (κ3) is 2.28. The molecular formula is C8H9ClN2O2S. The van der Waals surface area contributed by atoms with E-state index in [4.69, 9.17) is 17.1 Å². The molecule has 0 fully saturated rings. The van der Waals surface area contributed by atoms with Gasteiger partial charge in [0.1, 0.15) is 5.82 Å². The maximum absolute atomic E-state index is 11.0. The lowest BCUT2D eigenvalue weighted by molar-refractivity contribution is 0.606. The van der Waals surface area contributed by atoms with E-state index in [1.807, 2.05) is 6.92 Å². The molecule has 0 N–H and O–H groups in total. The van der Waals surface area contributed by atoms with Gasteiger partial charge in [0.15, 0.2) is 5.03 Å². The Labute approximate surface area is 87.3 Å². The molecule has 0 spiro atoms. The highest BCUT2D eigenvalue weighted by Crippen LogP contribution is 2.14. The predicted octanol–water partition coefficient (Wildman–Crippen LogP) is 1.01. The van der Waals surface area contributed by atoms with Gasteiger partial charge in [-0.2, -0.15) is 0 Å². The first-order chi connectivity index (χ1) is 6.49. The molecule has 1 aromatic heterocycles. The minimum Gasteiger partial charge on any atom is -0.322 e. The highest BCUT2D eigenvalue weighted by atomic mass is 35.7. The standard InChI is InChI=1S/C8H9ClN2O2S/c1-3-5-11-6-8(14(9,12)13)10-7(11)4-2/h1,6H,4-5H2,2H3. The number of halogens is 1. The summed E-state index contributed by atoms with van der Waals surface area (Å²) in [4.78, 5) is 3.87. The Morgan fingerprint density at radius 1 is 1.71 bits per heavy atom. The van der Waals surface area contributed by atoms with E-state index in [9.17, 15) is 8.42 Å². The van der Waals surface area contributed by atoms with Crippen LogP contribution in [0.15, 0.2) is 11.2 Å². The normalized spacial score (nSPS) is 11.2. The molecule has 14 heavy (non-hydrogen) atoms. The van der Waals surface area contributed by atoms with E-state index in [-0.39, 0.29) is 5.03 Å². The van der Waals surface area contributed by atoms with E-state index < -0.39 is 9.05 Å². The highest BCUT2D eigenvalue weighted by Gasteiger charge is 2.16. The first kappa shape index (κ1) is 11.1. The van der Waals surface area contributed by atoms with Gasteiger partial charge in [-0.25, -0.2) is 13.4 Å². The molecule has 0 aliphatic carbocycles. The molecule has 1 rings (SSSR count). The van der Waals surface area contributed by atoms with Gasteiger partial charge in [-0.15, -0.1) is 6.42 Å². The fourth-order valence-corrected chi connectivity index (χ4v) is 1.75. The van der Waals surface area contributed by atoms with Crippen molar-refractivity contribution in [2.24, 2.45) is 0 Å². The molecule has 1 heterocycles. The maximum Gasteiger partial charge on any atom is 0.280 e. The Bertz CT molecular complexity index is 470. The fraction of sp³-hybridized carbons (Fsp3) is 0.375. The summed E-state index contributed by atoms with van der Waals surface area (Å²) < 4.78 is 23.5. The van der Waals surface area contributed by atoms with Crippen LogP contribution in [0.5, 0.6) is 0 Å². The number of imidazole rings is 1. The number of nitrogens with zero attached hydrogens (tertiary/aromatic N) is 2. The first-order valence-electron chi connectivity index (χ1n) is 3.93. The molecule has 0 amide bonds. The van der Waals surface area contributed by atoms with Crippen LogP contribution >= 0.6 is 10.7 Å². The van der Waals surface area contributed by atoms with Crippen LogP contribution in [0.1, 0.15) is 12.7 Å². The zero-order chi connectivity index (χ0) is 10.8. The lowest BCUT2D eigenvalue weighted by Gasteiger charge is -1.98. The second kappa shape index (κ2) is 4.03. The zero-order valence-corrected chi connectivity index (χ0v) is 9.14. The maximum atomic E-state index is 11.0. The molecule has 0 saturated heterocycles. The number of terminal acetylenes is 1. The van der Waals surface area contributed by atoms with Crippen molar-refractivity contribution in [1.29, 1.82) is 0 Å². The van der Waals surface area contributed by atoms with Gasteiger partial charge < -0.3 is 4.57 Å². The van der Waals surface area contributed by atoms with Crippen molar-refractivity contribution in [3.8, 4) is 12.3 Å². The molecule has 0 aliphatic rings. The summed E-state index contributed by atoms with van der Waals surface area (Å²) in [6, 6.07) is 0. The quantitative estimate of drug-likeness (QED) is 0.577. The van der Waals surface area contributed by atoms with Crippen molar-refractivity contribution in [2.75, 3.05) is 0 Å². The van der Waals surface area contributed by atoms with Crippen molar-refractivity contribution in [3.63, 3.8) is 0 Å². The van der Waals surface area contributed by atoms with E-state index in [0.29, 0.717) is 18.8 Å². The summed E-state index contributed by atoms with van der Waals surface area (Å²) in [7, 11) is 1.38. The Hall–Kier alpha value is -0.990. The van der Waals surface area contributed by atoms with Gasteiger partial charge in [-0.3, -0.25) is 0 Å². The van der Waals surface area contributed by atoms with E-state index in [1.54, 1.807) is 4.57 Å². The van der Waals surface area contributed by atoms with Gasteiger partial charge in [0, 0.05) is 23.3 Å². The summed E-state index contributed by atoms with van der Waals surface area (Å²) >= 11 is 0. The van der Waals surface area contributed by atoms with Crippen molar-refractivity contribution in [3.05, 3.63) is 12.0 Å². The number of aryl methyl sites for hydroxylation is 1. The Morgan fingerprint density at radius 3 is 2.79 bits per heavy atom. The Kier molecular flexibility index (Phi) is 3.19.